The molecule has 0 bridgehead atoms. The van der Waals surface area contributed by atoms with Crippen molar-refractivity contribution in [3.8, 4) is 0 Å². The summed E-state index contributed by atoms with van der Waals surface area (Å²) in [5.41, 5.74) is 5.94. The van der Waals surface area contributed by atoms with Crippen LogP contribution in [-0.4, -0.2) is 28.9 Å². The SMILES string of the molecule is CC(N)c1ccnc(N2CC(=O)NC(=O)C2(C)C)c1. The van der Waals surface area contributed by atoms with Gasteiger partial charge in [0.1, 0.15) is 11.4 Å². The zero-order valence-electron chi connectivity index (χ0n) is 11.3. The van der Waals surface area contributed by atoms with Crippen molar-refractivity contribution >= 4 is 17.6 Å². The first-order valence-electron chi connectivity index (χ1n) is 6.16. The number of piperazine rings is 1. The van der Waals surface area contributed by atoms with Gasteiger partial charge in [-0.2, -0.15) is 0 Å². The van der Waals surface area contributed by atoms with E-state index in [2.05, 4.69) is 10.3 Å². The van der Waals surface area contributed by atoms with E-state index in [4.69, 9.17) is 5.73 Å². The van der Waals surface area contributed by atoms with E-state index in [0.717, 1.165) is 5.56 Å². The molecule has 1 atom stereocenters. The van der Waals surface area contributed by atoms with Gasteiger partial charge in [-0.3, -0.25) is 14.9 Å². The molecule has 0 radical (unpaired) electrons. The summed E-state index contributed by atoms with van der Waals surface area (Å²) in [4.78, 5) is 29.4. The Morgan fingerprint density at radius 2 is 2.16 bits per heavy atom. The molecule has 0 spiro atoms. The minimum absolute atomic E-state index is 0.105. The van der Waals surface area contributed by atoms with Crippen molar-refractivity contribution in [1.29, 1.82) is 0 Å². The maximum absolute atomic E-state index is 11.9. The van der Waals surface area contributed by atoms with Crippen molar-refractivity contribution in [2.24, 2.45) is 5.73 Å². The Labute approximate surface area is 112 Å². The van der Waals surface area contributed by atoms with E-state index in [0.29, 0.717) is 5.82 Å². The van der Waals surface area contributed by atoms with Gasteiger partial charge in [-0.25, -0.2) is 4.98 Å². The van der Waals surface area contributed by atoms with Gasteiger partial charge < -0.3 is 10.6 Å². The number of amides is 2. The van der Waals surface area contributed by atoms with Gasteiger partial charge in [0.25, 0.3) is 5.91 Å². The third-order valence-corrected chi connectivity index (χ3v) is 3.36. The molecule has 0 saturated carbocycles. The largest absolute Gasteiger partial charge is 0.333 e. The van der Waals surface area contributed by atoms with Crippen molar-refractivity contribution < 1.29 is 9.59 Å². The van der Waals surface area contributed by atoms with Crippen molar-refractivity contribution in [3.63, 3.8) is 0 Å². The first-order chi connectivity index (χ1) is 8.82. The highest BCUT2D eigenvalue weighted by molar-refractivity contribution is 6.06. The van der Waals surface area contributed by atoms with E-state index in [1.54, 1.807) is 24.9 Å². The third-order valence-electron chi connectivity index (χ3n) is 3.36. The second-order valence-corrected chi connectivity index (χ2v) is 5.26. The van der Waals surface area contributed by atoms with Gasteiger partial charge in [-0.1, -0.05) is 0 Å². The summed E-state index contributed by atoms with van der Waals surface area (Å²) < 4.78 is 0. The molecule has 1 aromatic heterocycles. The summed E-state index contributed by atoms with van der Waals surface area (Å²) in [6.07, 6.45) is 1.64. The smallest absolute Gasteiger partial charge is 0.251 e. The van der Waals surface area contributed by atoms with Gasteiger partial charge in [-0.05, 0) is 38.5 Å². The average molecular weight is 262 g/mol. The fourth-order valence-electron chi connectivity index (χ4n) is 2.02. The average Bonchev–Trinajstić information content (AvgIpc) is 2.34. The molecule has 2 amide bonds. The number of imide groups is 1. The first-order valence-corrected chi connectivity index (χ1v) is 6.16. The zero-order chi connectivity index (χ0) is 14.2. The molecule has 0 aliphatic carbocycles. The van der Waals surface area contributed by atoms with Crippen molar-refractivity contribution in [1.82, 2.24) is 10.3 Å². The number of anilines is 1. The number of nitrogens with one attached hydrogen (secondary N) is 1. The minimum Gasteiger partial charge on any atom is -0.333 e. The van der Waals surface area contributed by atoms with Crippen molar-refractivity contribution in [2.75, 3.05) is 11.4 Å². The maximum atomic E-state index is 11.9. The summed E-state index contributed by atoms with van der Waals surface area (Å²) in [5.74, 6) is -0.0583. The molecular weight excluding hydrogens is 244 g/mol. The van der Waals surface area contributed by atoms with E-state index >= 15 is 0 Å². The van der Waals surface area contributed by atoms with E-state index < -0.39 is 5.54 Å². The Morgan fingerprint density at radius 3 is 2.79 bits per heavy atom. The Kier molecular flexibility index (Phi) is 3.28. The van der Waals surface area contributed by atoms with Crippen LogP contribution in [0.4, 0.5) is 5.82 Å². The lowest BCUT2D eigenvalue weighted by molar-refractivity contribution is -0.135. The summed E-state index contributed by atoms with van der Waals surface area (Å²) >= 11 is 0. The number of nitrogens with zero attached hydrogens (tertiary/aromatic N) is 2. The van der Waals surface area contributed by atoms with Crippen LogP contribution in [-0.2, 0) is 9.59 Å². The van der Waals surface area contributed by atoms with Crippen LogP contribution in [0.3, 0.4) is 0 Å². The van der Waals surface area contributed by atoms with Crippen LogP contribution < -0.4 is 16.0 Å². The molecule has 102 valence electrons. The second-order valence-electron chi connectivity index (χ2n) is 5.26. The summed E-state index contributed by atoms with van der Waals surface area (Å²) in [6, 6.07) is 3.52. The number of nitrogens with two attached hydrogens (primary N) is 1. The van der Waals surface area contributed by atoms with Crippen molar-refractivity contribution in [2.45, 2.75) is 32.4 Å². The third kappa shape index (κ3) is 2.44. The molecule has 1 saturated heterocycles. The summed E-state index contributed by atoms with van der Waals surface area (Å²) in [7, 11) is 0. The van der Waals surface area contributed by atoms with E-state index in [1.807, 2.05) is 19.1 Å². The monoisotopic (exact) mass is 262 g/mol. The fourth-order valence-corrected chi connectivity index (χ4v) is 2.02. The van der Waals surface area contributed by atoms with Crippen LogP contribution >= 0.6 is 0 Å². The Hall–Kier alpha value is -1.95. The van der Waals surface area contributed by atoms with Crippen molar-refractivity contribution in [3.05, 3.63) is 23.9 Å². The van der Waals surface area contributed by atoms with Gasteiger partial charge in [-0.15, -0.1) is 0 Å². The first kappa shape index (κ1) is 13.5. The van der Waals surface area contributed by atoms with Gasteiger partial charge in [0.05, 0.1) is 6.54 Å². The zero-order valence-corrected chi connectivity index (χ0v) is 11.3. The molecule has 6 nitrogen and oxygen atoms in total. The van der Waals surface area contributed by atoms with Gasteiger partial charge in [0.15, 0.2) is 0 Å². The molecule has 6 heteroatoms. The van der Waals surface area contributed by atoms with Gasteiger partial charge in [0, 0.05) is 12.2 Å². The predicted molar refractivity (Wildman–Crippen MR) is 71.4 cm³/mol. The molecule has 2 rings (SSSR count). The second kappa shape index (κ2) is 4.62. The Bertz CT molecular complexity index is 525. The number of pyridine rings is 1. The molecule has 19 heavy (non-hydrogen) atoms. The van der Waals surface area contributed by atoms with Crippen LogP contribution in [0.1, 0.15) is 32.4 Å². The number of hydrogen-bond donors (Lipinski definition) is 2. The van der Waals surface area contributed by atoms with Crippen LogP contribution in [0.25, 0.3) is 0 Å². The van der Waals surface area contributed by atoms with Crippen LogP contribution in [0.5, 0.6) is 0 Å². The van der Waals surface area contributed by atoms with Gasteiger partial charge >= 0.3 is 0 Å². The van der Waals surface area contributed by atoms with Crippen LogP contribution in [0.2, 0.25) is 0 Å². The lowest BCUT2D eigenvalue weighted by atomic mass is 9.98. The van der Waals surface area contributed by atoms with Gasteiger partial charge in [0.2, 0.25) is 5.91 Å². The Balaban J connectivity index is 2.41. The molecule has 1 aliphatic heterocycles. The number of aromatic nitrogens is 1. The van der Waals surface area contributed by atoms with Crippen LogP contribution in [0.15, 0.2) is 18.3 Å². The number of hydrogen-bond acceptors (Lipinski definition) is 5. The lowest BCUT2D eigenvalue weighted by Crippen LogP contribution is -2.64. The maximum Gasteiger partial charge on any atom is 0.251 e. The minimum atomic E-state index is -0.822. The highest BCUT2D eigenvalue weighted by Crippen LogP contribution is 2.26. The standard InChI is InChI=1S/C13H18N4O2/c1-8(14)9-4-5-15-10(6-9)17-7-11(18)16-12(19)13(17,2)3/h4-6,8H,7,14H2,1-3H3,(H,16,18,19). The predicted octanol–water partition coefficient (Wildman–Crippen LogP) is 0.343. The lowest BCUT2D eigenvalue weighted by Gasteiger charge is -2.41. The van der Waals surface area contributed by atoms with Crippen LogP contribution in [0, 0.1) is 0 Å². The normalized spacial score (nSPS) is 20.1. The van der Waals surface area contributed by atoms with E-state index in [-0.39, 0.29) is 24.4 Å². The van der Waals surface area contributed by atoms with E-state index in [1.165, 1.54) is 0 Å². The highest BCUT2D eigenvalue weighted by atomic mass is 16.2. The number of rotatable bonds is 2. The fraction of sp³-hybridized carbons (Fsp3) is 0.462. The summed E-state index contributed by atoms with van der Waals surface area (Å²) in [6.45, 7) is 5.50. The quantitative estimate of drug-likeness (QED) is 0.750. The number of carbonyl (C=O) groups is 2. The molecule has 0 aromatic carbocycles. The number of carbonyl (C=O) groups excluding carboxylic acids is 2. The highest BCUT2D eigenvalue weighted by Gasteiger charge is 2.41. The summed E-state index contributed by atoms with van der Waals surface area (Å²) in [5, 5.41) is 2.33. The molecule has 2 heterocycles. The molecule has 1 fully saturated rings. The molecular formula is C13H18N4O2. The molecule has 1 unspecified atom stereocenters. The Morgan fingerprint density at radius 1 is 1.47 bits per heavy atom. The molecule has 3 N–H and O–H groups in total. The topological polar surface area (TPSA) is 88.3 Å². The molecule has 1 aliphatic rings. The van der Waals surface area contributed by atoms with E-state index in [9.17, 15) is 9.59 Å². The molecule has 1 aromatic rings.